The van der Waals surface area contributed by atoms with E-state index in [2.05, 4.69) is 6.92 Å². The molecule has 3 rings (SSSR count). The molecule has 2 N–H and O–H groups in total. The van der Waals surface area contributed by atoms with E-state index in [9.17, 15) is 18.0 Å². The smallest absolute Gasteiger partial charge is 0.314 e. The monoisotopic (exact) mass is 397 g/mol. The van der Waals surface area contributed by atoms with E-state index in [0.717, 1.165) is 32.1 Å². The highest BCUT2D eigenvalue weighted by Gasteiger charge is 2.34. The first-order valence-corrected chi connectivity index (χ1v) is 10.5. The van der Waals surface area contributed by atoms with Crippen LogP contribution in [0.5, 0.6) is 5.75 Å². The molecule has 2 aliphatic rings. The van der Waals surface area contributed by atoms with Crippen molar-refractivity contribution in [2.75, 3.05) is 0 Å². The van der Waals surface area contributed by atoms with Crippen molar-refractivity contribution in [3.05, 3.63) is 29.6 Å². The fourth-order valence-electron chi connectivity index (χ4n) is 4.99. The number of carbonyl (C=O) groups excluding carboxylic acids is 1. The fourth-order valence-corrected chi connectivity index (χ4v) is 4.99. The van der Waals surface area contributed by atoms with Gasteiger partial charge in [-0.3, -0.25) is 4.79 Å². The van der Waals surface area contributed by atoms with Crippen LogP contribution in [-0.2, 0) is 4.79 Å². The Morgan fingerprint density at radius 3 is 2.00 bits per heavy atom. The summed E-state index contributed by atoms with van der Waals surface area (Å²) in [5.74, 6) is -3.33. The van der Waals surface area contributed by atoms with Gasteiger partial charge in [0.25, 0.3) is 0 Å². The number of carbonyl (C=O) groups is 1. The predicted molar refractivity (Wildman–Crippen MR) is 101 cm³/mol. The number of halogens is 3. The van der Waals surface area contributed by atoms with E-state index in [4.69, 9.17) is 10.5 Å². The van der Waals surface area contributed by atoms with Gasteiger partial charge in [-0.2, -0.15) is 0 Å². The third-order valence-electron chi connectivity index (χ3n) is 6.84. The van der Waals surface area contributed by atoms with Crippen LogP contribution in [0.4, 0.5) is 13.2 Å². The van der Waals surface area contributed by atoms with Gasteiger partial charge in [0.05, 0.1) is 5.92 Å². The van der Waals surface area contributed by atoms with Crippen molar-refractivity contribution >= 4 is 5.97 Å². The summed E-state index contributed by atoms with van der Waals surface area (Å²) in [6.45, 7) is 2.14. The van der Waals surface area contributed by atoms with Gasteiger partial charge in [0.15, 0.2) is 17.5 Å². The molecular weight excluding hydrogens is 367 g/mol. The summed E-state index contributed by atoms with van der Waals surface area (Å²) in [4.78, 5) is 12.3. The van der Waals surface area contributed by atoms with Crippen LogP contribution in [0, 0.1) is 41.1 Å². The zero-order chi connectivity index (χ0) is 20.3. The minimum Gasteiger partial charge on any atom is -0.426 e. The molecule has 28 heavy (non-hydrogen) atoms. The molecule has 0 aliphatic heterocycles. The van der Waals surface area contributed by atoms with Gasteiger partial charge in [-0.1, -0.05) is 6.92 Å². The lowest BCUT2D eigenvalue weighted by atomic mass is 9.68. The fraction of sp³-hybridized carbons (Fsp3) is 0.682. The van der Waals surface area contributed by atoms with Gasteiger partial charge in [-0.15, -0.1) is 0 Å². The van der Waals surface area contributed by atoms with Crippen molar-refractivity contribution < 1.29 is 22.7 Å². The number of ether oxygens (including phenoxy) is 1. The molecule has 1 aromatic rings. The number of hydrogen-bond acceptors (Lipinski definition) is 3. The second kappa shape index (κ2) is 9.29. The first kappa shape index (κ1) is 21.2. The van der Waals surface area contributed by atoms with E-state index in [1.165, 1.54) is 25.7 Å². The van der Waals surface area contributed by atoms with Gasteiger partial charge in [-0.25, -0.2) is 13.2 Å². The molecule has 1 aromatic carbocycles. The summed E-state index contributed by atoms with van der Waals surface area (Å²) in [6.07, 6.45) is 9.26. The Labute approximate surface area is 164 Å². The first-order valence-electron chi connectivity index (χ1n) is 10.5. The van der Waals surface area contributed by atoms with Crippen LogP contribution in [0.3, 0.4) is 0 Å². The Morgan fingerprint density at radius 1 is 1.00 bits per heavy atom. The molecule has 2 fully saturated rings. The van der Waals surface area contributed by atoms with Crippen LogP contribution in [-0.4, -0.2) is 12.0 Å². The summed E-state index contributed by atoms with van der Waals surface area (Å²) < 4.78 is 44.7. The zero-order valence-corrected chi connectivity index (χ0v) is 16.4. The maximum absolute atomic E-state index is 13.3. The van der Waals surface area contributed by atoms with Crippen LogP contribution in [0.1, 0.15) is 64.7 Å². The average Bonchev–Trinajstić information content (AvgIpc) is 2.71. The Hall–Kier alpha value is -1.56. The second-order valence-electron chi connectivity index (χ2n) is 8.48. The van der Waals surface area contributed by atoms with E-state index in [1.807, 2.05) is 0 Å². The summed E-state index contributed by atoms with van der Waals surface area (Å²) >= 11 is 0. The van der Waals surface area contributed by atoms with Gasteiger partial charge in [0.2, 0.25) is 0 Å². The van der Waals surface area contributed by atoms with Crippen molar-refractivity contribution in [2.45, 2.75) is 70.8 Å². The predicted octanol–water partition coefficient (Wildman–Crippen LogP) is 5.36. The van der Waals surface area contributed by atoms with Gasteiger partial charge in [-0.05, 0) is 75.5 Å². The number of rotatable bonds is 5. The van der Waals surface area contributed by atoms with Crippen LogP contribution in [0.2, 0.25) is 0 Å². The SMILES string of the molecule is CCC(N)C1CCC(C2CCC(C(=O)Oc3cc(F)c(F)c(F)c3)CC2)CC1. The Kier molecular flexibility index (Phi) is 7.02. The zero-order valence-electron chi connectivity index (χ0n) is 16.4. The Morgan fingerprint density at radius 2 is 1.50 bits per heavy atom. The van der Waals surface area contributed by atoms with Gasteiger partial charge in [0, 0.05) is 18.2 Å². The standard InChI is InChI=1S/C22H30F3NO2/c1-2-20(26)15-7-3-13(4-8-15)14-5-9-16(10-6-14)22(27)28-17-11-18(23)21(25)19(24)12-17/h11-16,20H,2-10,26H2,1H3. The van der Waals surface area contributed by atoms with Crippen LogP contribution in [0.25, 0.3) is 0 Å². The molecule has 0 spiro atoms. The van der Waals surface area contributed by atoms with E-state index in [0.29, 0.717) is 35.9 Å². The summed E-state index contributed by atoms with van der Waals surface area (Å²) in [5, 5.41) is 0. The molecule has 2 saturated carbocycles. The maximum atomic E-state index is 13.3. The molecule has 0 amide bonds. The maximum Gasteiger partial charge on any atom is 0.314 e. The molecule has 1 atom stereocenters. The van der Waals surface area contributed by atoms with E-state index < -0.39 is 23.4 Å². The molecule has 0 saturated heterocycles. The quantitative estimate of drug-likeness (QED) is 0.413. The molecule has 0 radical (unpaired) electrons. The van der Waals surface area contributed by atoms with Gasteiger partial charge < -0.3 is 10.5 Å². The van der Waals surface area contributed by atoms with Crippen molar-refractivity contribution in [3.8, 4) is 5.75 Å². The first-order chi connectivity index (χ1) is 13.4. The van der Waals surface area contributed by atoms with E-state index >= 15 is 0 Å². The van der Waals surface area contributed by atoms with Crippen molar-refractivity contribution in [2.24, 2.45) is 29.4 Å². The molecule has 0 bridgehead atoms. The number of benzene rings is 1. The van der Waals surface area contributed by atoms with Gasteiger partial charge in [0.1, 0.15) is 5.75 Å². The third-order valence-corrected chi connectivity index (χ3v) is 6.84. The summed E-state index contributed by atoms with van der Waals surface area (Å²) in [7, 11) is 0. The minimum absolute atomic E-state index is 0.266. The van der Waals surface area contributed by atoms with Crippen LogP contribution >= 0.6 is 0 Å². The summed E-state index contributed by atoms with van der Waals surface area (Å²) in [5.41, 5.74) is 6.19. The van der Waals surface area contributed by atoms with E-state index in [1.54, 1.807) is 0 Å². The molecule has 0 heterocycles. The van der Waals surface area contributed by atoms with E-state index in [-0.39, 0.29) is 11.7 Å². The van der Waals surface area contributed by atoms with Crippen molar-refractivity contribution in [1.29, 1.82) is 0 Å². The molecule has 0 aromatic heterocycles. The molecular formula is C22H30F3NO2. The van der Waals surface area contributed by atoms with Crippen LogP contribution in [0.15, 0.2) is 12.1 Å². The molecule has 156 valence electrons. The van der Waals surface area contributed by atoms with Crippen LogP contribution < -0.4 is 10.5 Å². The lowest BCUT2D eigenvalue weighted by molar-refractivity contribution is -0.140. The van der Waals surface area contributed by atoms with Crippen molar-refractivity contribution in [3.63, 3.8) is 0 Å². The number of nitrogens with two attached hydrogens (primary N) is 1. The topological polar surface area (TPSA) is 52.3 Å². The summed E-state index contributed by atoms with van der Waals surface area (Å²) in [6, 6.07) is 1.73. The Bertz CT molecular complexity index is 657. The highest BCUT2D eigenvalue weighted by molar-refractivity contribution is 5.75. The highest BCUT2D eigenvalue weighted by Crippen LogP contribution is 2.42. The average molecular weight is 397 g/mol. The lowest BCUT2D eigenvalue weighted by Crippen LogP contribution is -2.35. The number of hydrogen-bond donors (Lipinski definition) is 1. The molecule has 6 heteroatoms. The van der Waals surface area contributed by atoms with Crippen molar-refractivity contribution in [1.82, 2.24) is 0 Å². The molecule has 1 unspecified atom stereocenters. The largest absolute Gasteiger partial charge is 0.426 e. The highest BCUT2D eigenvalue weighted by atomic mass is 19.2. The second-order valence-corrected chi connectivity index (χ2v) is 8.48. The Balaban J connectivity index is 1.47. The number of esters is 1. The molecule has 3 nitrogen and oxygen atoms in total. The third kappa shape index (κ3) is 4.88. The normalized spacial score (nSPS) is 29.3. The minimum atomic E-state index is -1.56. The lowest BCUT2D eigenvalue weighted by Gasteiger charge is -2.38. The molecule has 2 aliphatic carbocycles. The van der Waals surface area contributed by atoms with Gasteiger partial charge >= 0.3 is 5.97 Å².